The summed E-state index contributed by atoms with van der Waals surface area (Å²) in [6, 6.07) is 0. The number of phosphoric acid groups is 1. The highest BCUT2D eigenvalue weighted by Gasteiger charge is 2.25. The van der Waals surface area contributed by atoms with Crippen molar-refractivity contribution < 1.29 is 42.3 Å². The van der Waals surface area contributed by atoms with Gasteiger partial charge in [-0.05, 0) is 19.3 Å². The largest absolute Gasteiger partial charge is 0.472 e. The van der Waals surface area contributed by atoms with Gasteiger partial charge in [-0.3, -0.25) is 18.6 Å². The van der Waals surface area contributed by atoms with Crippen molar-refractivity contribution in [1.29, 1.82) is 0 Å². The number of nitrogens with two attached hydrogens (primary N) is 1. The van der Waals surface area contributed by atoms with E-state index in [0.717, 1.165) is 51.6 Å². The normalized spacial score (nSPS) is 13.5. The van der Waals surface area contributed by atoms with Crippen LogP contribution in [0.25, 0.3) is 0 Å². The van der Waals surface area contributed by atoms with Crippen molar-refractivity contribution in [2.24, 2.45) is 5.73 Å². The minimum absolute atomic E-state index is 0.0529. The molecule has 0 aliphatic heterocycles. The minimum atomic E-state index is -4.36. The standard InChI is InChI=1S/C32H64NO9P/c1-3-4-5-6-7-8-9-11-14-17-20-23-31(34)39-28-30(29-41-43(36,37)40-27-25-33)42-32(35)24-21-18-15-12-10-13-16-19-22-26-38-2/h30H,3-29,33H2,1-2H3,(H,36,37)/t30-/m1/s1. The summed E-state index contributed by atoms with van der Waals surface area (Å²) in [6.45, 7) is 2.28. The molecule has 3 N–H and O–H groups in total. The highest BCUT2D eigenvalue weighted by molar-refractivity contribution is 7.47. The van der Waals surface area contributed by atoms with Crippen molar-refractivity contribution in [3.8, 4) is 0 Å². The van der Waals surface area contributed by atoms with Crippen molar-refractivity contribution in [1.82, 2.24) is 0 Å². The molecule has 11 heteroatoms. The summed E-state index contributed by atoms with van der Waals surface area (Å²) in [5.74, 6) is -0.842. The number of carbonyl (C=O) groups excluding carboxylic acids is 2. The van der Waals surface area contributed by atoms with Gasteiger partial charge in [-0.15, -0.1) is 0 Å². The molecule has 0 bridgehead atoms. The number of hydrogen-bond acceptors (Lipinski definition) is 9. The summed E-state index contributed by atoms with van der Waals surface area (Å²) in [7, 11) is -2.63. The van der Waals surface area contributed by atoms with Gasteiger partial charge >= 0.3 is 19.8 Å². The smallest absolute Gasteiger partial charge is 0.462 e. The highest BCUT2D eigenvalue weighted by atomic mass is 31.2. The van der Waals surface area contributed by atoms with Gasteiger partial charge in [-0.2, -0.15) is 0 Å². The average molecular weight is 638 g/mol. The SMILES string of the molecule is CCCCCCCCCCCCCC(=O)OC[C@H](COP(=O)(O)OCCN)OC(=O)CCCCCCCCCCCOC. The Kier molecular flexibility index (Phi) is 30.2. The van der Waals surface area contributed by atoms with Crippen LogP contribution in [0.2, 0.25) is 0 Å². The Bertz CT molecular complexity index is 696. The number of methoxy groups -OCH3 is 1. The van der Waals surface area contributed by atoms with Gasteiger partial charge in [0.1, 0.15) is 6.61 Å². The van der Waals surface area contributed by atoms with Crippen LogP contribution in [0.5, 0.6) is 0 Å². The molecule has 0 aromatic heterocycles. The third-order valence-corrected chi connectivity index (χ3v) is 8.22. The Morgan fingerprint density at radius 1 is 0.651 bits per heavy atom. The summed E-state index contributed by atoms with van der Waals surface area (Å²) >= 11 is 0. The maximum absolute atomic E-state index is 12.4. The van der Waals surface area contributed by atoms with Crippen LogP contribution in [-0.2, 0) is 37.4 Å². The summed E-state index contributed by atoms with van der Waals surface area (Å²) in [4.78, 5) is 34.5. The number of esters is 2. The third-order valence-electron chi connectivity index (χ3n) is 7.24. The second-order valence-electron chi connectivity index (χ2n) is 11.4. The fourth-order valence-electron chi connectivity index (χ4n) is 4.69. The molecule has 0 fully saturated rings. The van der Waals surface area contributed by atoms with Gasteiger partial charge in [-0.25, -0.2) is 4.57 Å². The average Bonchev–Trinajstić information content (AvgIpc) is 2.99. The van der Waals surface area contributed by atoms with Gasteiger partial charge in [-0.1, -0.05) is 116 Å². The molecule has 0 spiro atoms. The lowest BCUT2D eigenvalue weighted by Crippen LogP contribution is -2.29. The molecule has 0 radical (unpaired) electrons. The van der Waals surface area contributed by atoms with Crippen molar-refractivity contribution in [3.63, 3.8) is 0 Å². The topological polar surface area (TPSA) is 144 Å². The van der Waals surface area contributed by atoms with E-state index in [4.69, 9.17) is 29.0 Å². The molecular weight excluding hydrogens is 573 g/mol. The molecule has 10 nitrogen and oxygen atoms in total. The first kappa shape index (κ1) is 42.0. The van der Waals surface area contributed by atoms with Gasteiger partial charge in [0.15, 0.2) is 6.10 Å². The highest BCUT2D eigenvalue weighted by Crippen LogP contribution is 2.43. The van der Waals surface area contributed by atoms with Crippen LogP contribution in [0, 0.1) is 0 Å². The van der Waals surface area contributed by atoms with Crippen LogP contribution in [0.15, 0.2) is 0 Å². The monoisotopic (exact) mass is 637 g/mol. The molecule has 0 amide bonds. The number of hydrogen-bond donors (Lipinski definition) is 2. The zero-order chi connectivity index (χ0) is 31.9. The Morgan fingerprint density at radius 3 is 1.60 bits per heavy atom. The van der Waals surface area contributed by atoms with Gasteiger partial charge in [0.2, 0.25) is 0 Å². The fraction of sp³-hybridized carbons (Fsp3) is 0.938. The first-order valence-corrected chi connectivity index (χ1v) is 18.5. The van der Waals surface area contributed by atoms with E-state index >= 15 is 0 Å². The van der Waals surface area contributed by atoms with Crippen LogP contribution in [0.3, 0.4) is 0 Å². The zero-order valence-electron chi connectivity index (χ0n) is 27.4. The second-order valence-corrected chi connectivity index (χ2v) is 12.8. The van der Waals surface area contributed by atoms with Gasteiger partial charge < -0.3 is 24.8 Å². The fourth-order valence-corrected chi connectivity index (χ4v) is 5.45. The van der Waals surface area contributed by atoms with Crippen LogP contribution >= 0.6 is 7.82 Å². The molecule has 0 rings (SSSR count). The summed E-state index contributed by atoms with van der Waals surface area (Å²) in [5, 5.41) is 0. The summed E-state index contributed by atoms with van der Waals surface area (Å²) in [5.41, 5.74) is 5.31. The predicted molar refractivity (Wildman–Crippen MR) is 171 cm³/mol. The third kappa shape index (κ3) is 30.8. The molecule has 2 atom stereocenters. The molecule has 0 saturated carbocycles. The molecule has 256 valence electrons. The molecule has 0 heterocycles. The van der Waals surface area contributed by atoms with Crippen molar-refractivity contribution in [3.05, 3.63) is 0 Å². The zero-order valence-corrected chi connectivity index (χ0v) is 28.3. The lowest BCUT2D eigenvalue weighted by atomic mass is 10.1. The van der Waals surface area contributed by atoms with Crippen molar-refractivity contribution in [2.45, 2.75) is 154 Å². The van der Waals surface area contributed by atoms with E-state index in [1.165, 1.54) is 77.0 Å². The number of ether oxygens (including phenoxy) is 3. The van der Waals surface area contributed by atoms with E-state index in [0.29, 0.717) is 6.42 Å². The molecule has 0 saturated heterocycles. The number of phosphoric ester groups is 1. The maximum atomic E-state index is 12.4. The van der Waals surface area contributed by atoms with Gasteiger partial charge in [0, 0.05) is 33.1 Å². The first-order chi connectivity index (χ1) is 20.8. The van der Waals surface area contributed by atoms with Crippen molar-refractivity contribution in [2.75, 3.05) is 40.1 Å². The van der Waals surface area contributed by atoms with Crippen LogP contribution < -0.4 is 5.73 Å². The molecule has 0 aliphatic carbocycles. The summed E-state index contributed by atoms with van der Waals surface area (Å²) in [6.07, 6.45) is 22.3. The molecule has 0 aliphatic rings. The molecule has 0 aromatic carbocycles. The maximum Gasteiger partial charge on any atom is 0.472 e. The van der Waals surface area contributed by atoms with E-state index in [1.807, 2.05) is 0 Å². The van der Waals surface area contributed by atoms with Gasteiger partial charge in [0.05, 0.1) is 13.2 Å². The Labute approximate surface area is 262 Å². The number of rotatable bonds is 33. The van der Waals surface area contributed by atoms with Crippen molar-refractivity contribution >= 4 is 19.8 Å². The van der Waals surface area contributed by atoms with E-state index < -0.39 is 26.5 Å². The van der Waals surface area contributed by atoms with Crippen LogP contribution in [0.1, 0.15) is 148 Å². The molecular formula is C32H64NO9P. The Hall–Kier alpha value is -1.03. The van der Waals surface area contributed by atoms with E-state index in [9.17, 15) is 19.0 Å². The van der Waals surface area contributed by atoms with E-state index in [2.05, 4.69) is 6.92 Å². The number of carbonyl (C=O) groups is 2. The summed E-state index contributed by atoms with van der Waals surface area (Å²) < 4.78 is 37.5. The van der Waals surface area contributed by atoms with E-state index in [1.54, 1.807) is 7.11 Å². The molecule has 1 unspecified atom stereocenters. The van der Waals surface area contributed by atoms with Crippen LogP contribution in [0.4, 0.5) is 0 Å². The Balaban J connectivity index is 4.25. The lowest BCUT2D eigenvalue weighted by molar-refractivity contribution is -0.161. The Morgan fingerprint density at radius 2 is 1.12 bits per heavy atom. The first-order valence-electron chi connectivity index (χ1n) is 17.0. The number of unbranched alkanes of at least 4 members (excludes halogenated alkanes) is 18. The quantitative estimate of drug-likeness (QED) is 0.0416. The lowest BCUT2D eigenvalue weighted by Gasteiger charge is -2.19. The van der Waals surface area contributed by atoms with Crippen LogP contribution in [-0.4, -0.2) is 63.0 Å². The van der Waals surface area contributed by atoms with E-state index in [-0.39, 0.29) is 38.6 Å². The minimum Gasteiger partial charge on any atom is -0.462 e. The molecule has 0 aromatic rings. The second kappa shape index (κ2) is 31.0. The van der Waals surface area contributed by atoms with Gasteiger partial charge in [0.25, 0.3) is 0 Å². The predicted octanol–water partition coefficient (Wildman–Crippen LogP) is 7.78. The molecule has 43 heavy (non-hydrogen) atoms.